The number of aryl methyl sites for hydroxylation is 3. The summed E-state index contributed by atoms with van der Waals surface area (Å²) < 4.78 is 8.39. The molecular formula is C12H14BrN3O. The minimum absolute atomic E-state index is 0.439. The van der Waals surface area contributed by atoms with Crippen LogP contribution in [0.15, 0.2) is 22.8 Å². The van der Waals surface area contributed by atoms with Crippen LogP contribution >= 0.6 is 15.9 Å². The van der Waals surface area contributed by atoms with E-state index in [1.165, 1.54) is 0 Å². The molecule has 1 aromatic carbocycles. The molecule has 0 amide bonds. The number of ether oxygens (including phenoxy) is 1. The molecule has 0 saturated carbocycles. The zero-order valence-electron chi connectivity index (χ0n) is 9.99. The number of nitrogen functional groups attached to an aromatic ring is 1. The quantitative estimate of drug-likeness (QED) is 0.926. The van der Waals surface area contributed by atoms with Crippen molar-refractivity contribution in [2.75, 3.05) is 5.73 Å². The molecule has 2 rings (SSSR count). The predicted octanol–water partition coefficient (Wildman–Crippen LogP) is 3.17. The summed E-state index contributed by atoms with van der Waals surface area (Å²) in [7, 11) is 1.81. The monoisotopic (exact) mass is 295 g/mol. The second kappa shape index (κ2) is 4.41. The summed E-state index contributed by atoms with van der Waals surface area (Å²) in [5.74, 6) is 1.18. The average molecular weight is 296 g/mol. The molecule has 4 nitrogen and oxygen atoms in total. The Morgan fingerprint density at radius 1 is 1.29 bits per heavy atom. The number of rotatable bonds is 2. The van der Waals surface area contributed by atoms with E-state index in [4.69, 9.17) is 10.5 Å². The molecule has 5 heteroatoms. The topological polar surface area (TPSA) is 53.1 Å². The van der Waals surface area contributed by atoms with Crippen LogP contribution in [0, 0.1) is 13.8 Å². The van der Waals surface area contributed by atoms with Gasteiger partial charge in [0.05, 0.1) is 6.20 Å². The van der Waals surface area contributed by atoms with Crippen molar-refractivity contribution >= 4 is 21.6 Å². The molecule has 0 unspecified atom stereocenters. The molecule has 2 N–H and O–H groups in total. The van der Waals surface area contributed by atoms with Gasteiger partial charge in [0.1, 0.15) is 11.4 Å². The van der Waals surface area contributed by atoms with Crippen LogP contribution in [0.2, 0.25) is 0 Å². The van der Waals surface area contributed by atoms with Crippen LogP contribution in [0.1, 0.15) is 11.1 Å². The van der Waals surface area contributed by atoms with Gasteiger partial charge in [0, 0.05) is 11.5 Å². The van der Waals surface area contributed by atoms with E-state index >= 15 is 0 Å². The molecule has 0 fully saturated rings. The normalized spacial score (nSPS) is 10.6. The maximum atomic E-state index is 5.78. The summed E-state index contributed by atoms with van der Waals surface area (Å²) in [6, 6.07) is 3.90. The van der Waals surface area contributed by atoms with Crippen molar-refractivity contribution in [3.63, 3.8) is 0 Å². The van der Waals surface area contributed by atoms with Crippen LogP contribution in [0.5, 0.6) is 11.6 Å². The molecule has 0 saturated heterocycles. The van der Waals surface area contributed by atoms with Gasteiger partial charge in [0.2, 0.25) is 0 Å². The van der Waals surface area contributed by atoms with Crippen LogP contribution in [0.25, 0.3) is 0 Å². The summed E-state index contributed by atoms with van der Waals surface area (Å²) in [5.41, 5.74) is 8.55. The molecule has 0 aliphatic carbocycles. The van der Waals surface area contributed by atoms with E-state index in [2.05, 4.69) is 21.0 Å². The summed E-state index contributed by atoms with van der Waals surface area (Å²) in [5, 5.41) is 4.14. The first-order valence-electron chi connectivity index (χ1n) is 5.21. The Hall–Kier alpha value is -1.49. The standard InChI is InChI=1S/C12H14BrN3O/c1-7-4-9(5-8(2)11(7)13)17-12-10(14)6-16(3)15-12/h4-6H,14H2,1-3H3. The Bertz CT molecular complexity index is 540. The summed E-state index contributed by atoms with van der Waals surface area (Å²) in [6.45, 7) is 4.04. The molecule has 0 aliphatic heterocycles. The van der Waals surface area contributed by atoms with Crippen LogP contribution < -0.4 is 10.5 Å². The van der Waals surface area contributed by atoms with Gasteiger partial charge in [-0.25, -0.2) is 0 Å². The van der Waals surface area contributed by atoms with E-state index < -0.39 is 0 Å². The molecule has 17 heavy (non-hydrogen) atoms. The summed E-state index contributed by atoms with van der Waals surface area (Å²) >= 11 is 3.52. The van der Waals surface area contributed by atoms with E-state index in [1.807, 2.05) is 26.0 Å². The first-order chi connectivity index (χ1) is 7.97. The summed E-state index contributed by atoms with van der Waals surface area (Å²) in [6.07, 6.45) is 1.72. The highest BCUT2D eigenvalue weighted by molar-refractivity contribution is 9.10. The van der Waals surface area contributed by atoms with Crippen molar-refractivity contribution in [1.82, 2.24) is 9.78 Å². The fourth-order valence-corrected chi connectivity index (χ4v) is 1.87. The minimum atomic E-state index is 0.439. The van der Waals surface area contributed by atoms with E-state index in [0.29, 0.717) is 11.6 Å². The molecule has 90 valence electrons. The number of halogens is 1. The lowest BCUT2D eigenvalue weighted by Gasteiger charge is -2.08. The van der Waals surface area contributed by atoms with Gasteiger partial charge in [-0.15, -0.1) is 5.10 Å². The smallest absolute Gasteiger partial charge is 0.261 e. The lowest BCUT2D eigenvalue weighted by atomic mass is 10.1. The van der Waals surface area contributed by atoms with Crippen LogP contribution in [0.3, 0.4) is 0 Å². The van der Waals surface area contributed by atoms with Gasteiger partial charge >= 0.3 is 0 Å². The van der Waals surface area contributed by atoms with Crippen molar-refractivity contribution in [2.45, 2.75) is 13.8 Å². The largest absolute Gasteiger partial charge is 0.436 e. The maximum absolute atomic E-state index is 5.78. The zero-order chi connectivity index (χ0) is 12.6. The van der Waals surface area contributed by atoms with Crippen molar-refractivity contribution < 1.29 is 4.74 Å². The van der Waals surface area contributed by atoms with Gasteiger partial charge in [-0.3, -0.25) is 4.68 Å². The highest BCUT2D eigenvalue weighted by atomic mass is 79.9. The second-order valence-corrected chi connectivity index (χ2v) is 4.83. The van der Waals surface area contributed by atoms with Crippen molar-refractivity contribution in [3.8, 4) is 11.6 Å². The maximum Gasteiger partial charge on any atom is 0.261 e. The average Bonchev–Trinajstić information content (AvgIpc) is 2.54. The van der Waals surface area contributed by atoms with Crippen LogP contribution in [0.4, 0.5) is 5.69 Å². The fraction of sp³-hybridized carbons (Fsp3) is 0.250. The Morgan fingerprint density at radius 2 is 1.88 bits per heavy atom. The molecule has 0 atom stereocenters. The van der Waals surface area contributed by atoms with E-state index in [9.17, 15) is 0 Å². The van der Waals surface area contributed by atoms with Crippen molar-refractivity contribution in [2.24, 2.45) is 7.05 Å². The number of anilines is 1. The number of nitrogens with two attached hydrogens (primary N) is 1. The SMILES string of the molecule is Cc1cc(Oc2nn(C)cc2N)cc(C)c1Br. The van der Waals surface area contributed by atoms with Gasteiger partial charge in [0.15, 0.2) is 0 Å². The second-order valence-electron chi connectivity index (χ2n) is 4.04. The van der Waals surface area contributed by atoms with Crippen molar-refractivity contribution in [1.29, 1.82) is 0 Å². The van der Waals surface area contributed by atoms with Crippen LogP contribution in [-0.2, 0) is 7.05 Å². The third-order valence-corrected chi connectivity index (χ3v) is 3.70. The molecular weight excluding hydrogens is 282 g/mol. The molecule has 0 radical (unpaired) electrons. The first-order valence-corrected chi connectivity index (χ1v) is 6.00. The third kappa shape index (κ3) is 2.44. The van der Waals surface area contributed by atoms with E-state index in [1.54, 1.807) is 17.9 Å². The van der Waals surface area contributed by atoms with Gasteiger partial charge in [-0.1, -0.05) is 15.9 Å². The Balaban J connectivity index is 2.33. The molecule has 2 aromatic rings. The number of nitrogens with zero attached hydrogens (tertiary/aromatic N) is 2. The van der Waals surface area contributed by atoms with Gasteiger partial charge < -0.3 is 10.5 Å². The first kappa shape index (κ1) is 12.0. The Kier molecular flexibility index (Phi) is 3.11. The molecule has 1 aromatic heterocycles. The van der Waals surface area contributed by atoms with E-state index in [0.717, 1.165) is 21.3 Å². The highest BCUT2D eigenvalue weighted by Gasteiger charge is 2.09. The number of benzene rings is 1. The highest BCUT2D eigenvalue weighted by Crippen LogP contribution is 2.30. The number of aromatic nitrogens is 2. The Labute approximate surface area is 109 Å². The number of hydrogen-bond donors (Lipinski definition) is 1. The number of hydrogen-bond acceptors (Lipinski definition) is 3. The molecule has 1 heterocycles. The van der Waals surface area contributed by atoms with Crippen LogP contribution in [-0.4, -0.2) is 9.78 Å². The lowest BCUT2D eigenvalue weighted by molar-refractivity contribution is 0.455. The Morgan fingerprint density at radius 3 is 2.35 bits per heavy atom. The lowest BCUT2D eigenvalue weighted by Crippen LogP contribution is -1.92. The zero-order valence-corrected chi connectivity index (χ0v) is 11.6. The summed E-state index contributed by atoms with van der Waals surface area (Å²) in [4.78, 5) is 0. The minimum Gasteiger partial charge on any atom is -0.436 e. The van der Waals surface area contributed by atoms with E-state index in [-0.39, 0.29) is 0 Å². The third-order valence-electron chi connectivity index (χ3n) is 2.45. The fourth-order valence-electron chi connectivity index (χ4n) is 1.64. The predicted molar refractivity (Wildman–Crippen MR) is 71.3 cm³/mol. The van der Waals surface area contributed by atoms with Gasteiger partial charge in [-0.05, 0) is 37.1 Å². The van der Waals surface area contributed by atoms with Crippen molar-refractivity contribution in [3.05, 3.63) is 33.9 Å². The van der Waals surface area contributed by atoms with Gasteiger partial charge in [-0.2, -0.15) is 0 Å². The molecule has 0 spiro atoms. The molecule has 0 bridgehead atoms. The molecule has 0 aliphatic rings. The van der Waals surface area contributed by atoms with Gasteiger partial charge in [0.25, 0.3) is 5.88 Å².